The highest BCUT2D eigenvalue weighted by Gasteiger charge is 2.20. The fourth-order valence-electron chi connectivity index (χ4n) is 2.36. The Balaban J connectivity index is 2.18. The Morgan fingerprint density at radius 3 is 2.08 bits per heavy atom. The van der Waals surface area contributed by atoms with Gasteiger partial charge in [-0.2, -0.15) is 0 Å². The van der Waals surface area contributed by atoms with Crippen molar-refractivity contribution in [1.82, 2.24) is 4.72 Å². The van der Waals surface area contributed by atoms with Crippen LogP contribution in [-0.2, 0) is 10.0 Å². The predicted octanol–water partition coefficient (Wildman–Crippen LogP) is 4.52. The van der Waals surface area contributed by atoms with E-state index in [0.717, 1.165) is 24.1 Å². The lowest BCUT2D eigenvalue weighted by Crippen LogP contribution is -2.27. The average Bonchev–Trinajstić information content (AvgIpc) is 2.56. The van der Waals surface area contributed by atoms with Crippen molar-refractivity contribution in [1.29, 1.82) is 0 Å². The summed E-state index contributed by atoms with van der Waals surface area (Å²) in [7, 11) is -3.93. The Labute approximate surface area is 141 Å². The second-order valence-corrected chi connectivity index (χ2v) is 7.61. The first-order valence-electron chi connectivity index (χ1n) is 7.82. The maximum absolute atomic E-state index is 13.3. The summed E-state index contributed by atoms with van der Waals surface area (Å²) in [5, 5.41) is 0. The van der Waals surface area contributed by atoms with Crippen LogP contribution >= 0.6 is 0 Å². The molecule has 2 rings (SSSR count). The summed E-state index contributed by atoms with van der Waals surface area (Å²) >= 11 is 0. The monoisotopic (exact) mass is 353 g/mol. The van der Waals surface area contributed by atoms with E-state index < -0.39 is 27.7 Å². The maximum atomic E-state index is 13.3. The number of sulfonamides is 1. The van der Waals surface area contributed by atoms with Crippen LogP contribution < -0.4 is 4.72 Å². The largest absolute Gasteiger partial charge is 0.241 e. The van der Waals surface area contributed by atoms with Gasteiger partial charge in [-0.15, -0.1) is 0 Å². The second-order valence-electron chi connectivity index (χ2n) is 5.89. The molecule has 130 valence electrons. The fraction of sp³-hybridized carbons (Fsp3) is 0.333. The van der Waals surface area contributed by atoms with Gasteiger partial charge in [-0.25, -0.2) is 21.9 Å². The van der Waals surface area contributed by atoms with Gasteiger partial charge in [0.25, 0.3) is 0 Å². The van der Waals surface area contributed by atoms with Gasteiger partial charge in [-0.1, -0.05) is 38.1 Å². The van der Waals surface area contributed by atoms with Gasteiger partial charge in [0.1, 0.15) is 0 Å². The van der Waals surface area contributed by atoms with Crippen LogP contribution in [0, 0.1) is 11.6 Å². The Bertz CT molecular complexity index is 804. The highest BCUT2D eigenvalue weighted by atomic mass is 32.2. The van der Waals surface area contributed by atoms with Crippen LogP contribution in [0.3, 0.4) is 0 Å². The molecule has 2 unspecified atom stereocenters. The standard InChI is InChI=1S/C18H21F2NO2S/c1-4-12(2)14-5-7-15(8-6-14)13(3)21-24(22,23)16-9-10-17(19)18(20)11-16/h5-13,21H,4H2,1-3H3. The van der Waals surface area contributed by atoms with Crippen molar-refractivity contribution in [3.05, 3.63) is 65.2 Å². The molecule has 0 saturated carbocycles. The highest BCUT2D eigenvalue weighted by Crippen LogP contribution is 2.23. The van der Waals surface area contributed by atoms with Crippen LogP contribution in [0.2, 0.25) is 0 Å². The quantitative estimate of drug-likeness (QED) is 0.830. The van der Waals surface area contributed by atoms with E-state index in [-0.39, 0.29) is 4.90 Å². The molecule has 1 N–H and O–H groups in total. The Hall–Kier alpha value is -1.79. The van der Waals surface area contributed by atoms with E-state index in [2.05, 4.69) is 18.6 Å². The van der Waals surface area contributed by atoms with Gasteiger partial charge in [0.2, 0.25) is 10.0 Å². The van der Waals surface area contributed by atoms with Crippen LogP contribution in [0.15, 0.2) is 47.4 Å². The molecular weight excluding hydrogens is 332 g/mol. The molecule has 2 aromatic carbocycles. The third-order valence-electron chi connectivity index (χ3n) is 4.15. The molecule has 0 aliphatic carbocycles. The normalized spacial score (nSPS) is 14.4. The zero-order valence-electron chi connectivity index (χ0n) is 13.9. The molecule has 0 bridgehead atoms. The van der Waals surface area contributed by atoms with Gasteiger partial charge in [0.15, 0.2) is 11.6 Å². The summed E-state index contributed by atoms with van der Waals surface area (Å²) in [4.78, 5) is -0.301. The molecule has 0 heterocycles. The Morgan fingerprint density at radius 2 is 1.54 bits per heavy atom. The SMILES string of the molecule is CCC(C)c1ccc(C(C)NS(=O)(=O)c2ccc(F)c(F)c2)cc1. The summed E-state index contributed by atoms with van der Waals surface area (Å²) in [6.45, 7) is 5.94. The van der Waals surface area contributed by atoms with Crippen molar-refractivity contribution >= 4 is 10.0 Å². The summed E-state index contributed by atoms with van der Waals surface area (Å²) in [5.74, 6) is -1.83. The van der Waals surface area contributed by atoms with E-state index in [1.54, 1.807) is 6.92 Å². The summed E-state index contributed by atoms with van der Waals surface area (Å²) in [6, 6.07) is 9.73. The number of nitrogens with one attached hydrogen (secondary N) is 1. The van der Waals surface area contributed by atoms with Gasteiger partial charge in [0.05, 0.1) is 4.90 Å². The molecule has 0 aromatic heterocycles. The highest BCUT2D eigenvalue weighted by molar-refractivity contribution is 7.89. The molecule has 0 spiro atoms. The maximum Gasteiger partial charge on any atom is 0.241 e. The Kier molecular flexibility index (Phi) is 5.72. The van der Waals surface area contributed by atoms with Gasteiger partial charge in [-0.3, -0.25) is 0 Å². The smallest absolute Gasteiger partial charge is 0.207 e. The van der Waals surface area contributed by atoms with Crippen LogP contribution in [0.5, 0.6) is 0 Å². The van der Waals surface area contributed by atoms with Crippen LogP contribution in [0.1, 0.15) is 50.3 Å². The van der Waals surface area contributed by atoms with E-state index in [1.807, 2.05) is 24.3 Å². The van der Waals surface area contributed by atoms with Gasteiger partial charge >= 0.3 is 0 Å². The molecule has 6 heteroatoms. The molecule has 0 amide bonds. The minimum atomic E-state index is -3.93. The lowest BCUT2D eigenvalue weighted by molar-refractivity contribution is 0.503. The number of hydrogen-bond donors (Lipinski definition) is 1. The lowest BCUT2D eigenvalue weighted by Gasteiger charge is -2.16. The molecular formula is C18H21F2NO2S. The molecule has 0 aliphatic rings. The van der Waals surface area contributed by atoms with Crippen molar-refractivity contribution in [3.8, 4) is 0 Å². The zero-order chi connectivity index (χ0) is 17.9. The second kappa shape index (κ2) is 7.40. The van der Waals surface area contributed by atoms with E-state index in [4.69, 9.17) is 0 Å². The van der Waals surface area contributed by atoms with Crippen LogP contribution in [0.4, 0.5) is 8.78 Å². The third kappa shape index (κ3) is 4.19. The van der Waals surface area contributed by atoms with E-state index >= 15 is 0 Å². The summed E-state index contributed by atoms with van der Waals surface area (Å²) in [5.41, 5.74) is 1.99. The molecule has 0 radical (unpaired) electrons. The first-order valence-corrected chi connectivity index (χ1v) is 9.30. The van der Waals surface area contributed by atoms with Crippen LogP contribution in [-0.4, -0.2) is 8.42 Å². The van der Waals surface area contributed by atoms with Crippen molar-refractivity contribution in [2.45, 2.75) is 44.0 Å². The molecule has 24 heavy (non-hydrogen) atoms. The molecule has 0 aliphatic heterocycles. The lowest BCUT2D eigenvalue weighted by atomic mass is 9.96. The van der Waals surface area contributed by atoms with Gasteiger partial charge in [-0.05, 0) is 48.6 Å². The minimum absolute atomic E-state index is 0.301. The predicted molar refractivity (Wildman–Crippen MR) is 90.2 cm³/mol. The van der Waals surface area contributed by atoms with Gasteiger partial charge in [0, 0.05) is 6.04 Å². The average molecular weight is 353 g/mol. The first-order chi connectivity index (χ1) is 11.2. The van der Waals surface area contributed by atoms with E-state index in [1.165, 1.54) is 5.56 Å². The first kappa shape index (κ1) is 18.5. The zero-order valence-corrected chi connectivity index (χ0v) is 14.7. The van der Waals surface area contributed by atoms with Crippen molar-refractivity contribution in [3.63, 3.8) is 0 Å². The molecule has 3 nitrogen and oxygen atoms in total. The van der Waals surface area contributed by atoms with E-state index in [0.29, 0.717) is 12.0 Å². The molecule has 2 atom stereocenters. The third-order valence-corrected chi connectivity index (χ3v) is 5.69. The number of benzene rings is 2. The van der Waals surface area contributed by atoms with Crippen molar-refractivity contribution in [2.24, 2.45) is 0 Å². The number of rotatable bonds is 6. The molecule has 2 aromatic rings. The van der Waals surface area contributed by atoms with Crippen molar-refractivity contribution in [2.75, 3.05) is 0 Å². The number of hydrogen-bond acceptors (Lipinski definition) is 2. The van der Waals surface area contributed by atoms with E-state index in [9.17, 15) is 17.2 Å². The summed E-state index contributed by atoms with van der Waals surface area (Å²) in [6.07, 6.45) is 1.03. The topological polar surface area (TPSA) is 46.2 Å². The van der Waals surface area contributed by atoms with Gasteiger partial charge < -0.3 is 0 Å². The Morgan fingerprint density at radius 1 is 0.958 bits per heavy atom. The molecule has 0 saturated heterocycles. The minimum Gasteiger partial charge on any atom is -0.207 e. The summed E-state index contributed by atoms with van der Waals surface area (Å²) < 4.78 is 53.3. The fourth-order valence-corrected chi connectivity index (χ4v) is 3.61. The molecule has 0 fully saturated rings. The van der Waals surface area contributed by atoms with Crippen LogP contribution in [0.25, 0.3) is 0 Å². The number of halogens is 2. The van der Waals surface area contributed by atoms with Crippen molar-refractivity contribution < 1.29 is 17.2 Å².